The lowest BCUT2D eigenvalue weighted by atomic mass is 10.2. The number of nitrogens with zero attached hydrogens (tertiary/aromatic N) is 2. The highest BCUT2D eigenvalue weighted by atomic mass is 32.1. The van der Waals surface area contributed by atoms with E-state index < -0.39 is 5.97 Å². The van der Waals surface area contributed by atoms with Crippen molar-refractivity contribution in [3.8, 4) is 21.3 Å². The number of thiophene rings is 1. The number of aryl methyl sites for hydroxylation is 1. The summed E-state index contributed by atoms with van der Waals surface area (Å²) in [4.78, 5) is 22.2. The molecule has 0 unspecified atom stereocenters. The van der Waals surface area contributed by atoms with Gasteiger partial charge in [0, 0.05) is 16.5 Å². The van der Waals surface area contributed by atoms with Crippen LogP contribution in [-0.2, 0) is 6.42 Å². The molecule has 0 aliphatic heterocycles. The Morgan fingerprint density at radius 3 is 2.86 bits per heavy atom. The third kappa shape index (κ3) is 2.86. The summed E-state index contributed by atoms with van der Waals surface area (Å²) in [6.45, 7) is 2.13. The molecule has 3 rings (SSSR count). The Hall–Kier alpha value is -2.05. The number of hydrogen-bond donors (Lipinski definition) is 1. The molecule has 6 heteroatoms. The topological polar surface area (TPSA) is 63.1 Å². The lowest BCUT2D eigenvalue weighted by molar-refractivity contribution is 0.0697. The highest BCUT2D eigenvalue weighted by Crippen LogP contribution is 2.32. The second-order valence-electron chi connectivity index (χ2n) is 4.39. The van der Waals surface area contributed by atoms with Gasteiger partial charge in [-0.05, 0) is 30.7 Å². The highest BCUT2D eigenvalue weighted by molar-refractivity contribution is 7.16. The van der Waals surface area contributed by atoms with E-state index in [0.717, 1.165) is 22.0 Å². The van der Waals surface area contributed by atoms with Crippen molar-refractivity contribution in [2.45, 2.75) is 13.3 Å². The fraction of sp³-hybridized carbons (Fsp3) is 0.133. The Labute approximate surface area is 129 Å². The molecule has 3 heterocycles. The van der Waals surface area contributed by atoms with Crippen LogP contribution in [0, 0.1) is 0 Å². The van der Waals surface area contributed by atoms with Crippen molar-refractivity contribution < 1.29 is 9.90 Å². The summed E-state index contributed by atoms with van der Waals surface area (Å²) in [6, 6.07) is 7.22. The zero-order valence-electron chi connectivity index (χ0n) is 11.2. The first kappa shape index (κ1) is 13.9. The zero-order chi connectivity index (χ0) is 14.8. The maximum atomic E-state index is 11.0. The van der Waals surface area contributed by atoms with Gasteiger partial charge in [-0.2, -0.15) is 0 Å². The Morgan fingerprint density at radius 2 is 2.14 bits per heavy atom. The van der Waals surface area contributed by atoms with Crippen LogP contribution in [0.2, 0.25) is 0 Å². The van der Waals surface area contributed by atoms with Crippen LogP contribution < -0.4 is 0 Å². The molecule has 0 aliphatic rings. The predicted molar refractivity (Wildman–Crippen MR) is 85.0 cm³/mol. The average Bonchev–Trinajstić information content (AvgIpc) is 3.16. The highest BCUT2D eigenvalue weighted by Gasteiger charge is 2.11. The molecule has 21 heavy (non-hydrogen) atoms. The molecule has 0 saturated carbocycles. The molecule has 0 fully saturated rings. The molecule has 3 aromatic rings. The Kier molecular flexibility index (Phi) is 3.81. The summed E-state index contributed by atoms with van der Waals surface area (Å²) in [7, 11) is 0. The second-order valence-corrected chi connectivity index (χ2v) is 6.42. The van der Waals surface area contributed by atoms with Crippen LogP contribution in [0.3, 0.4) is 0 Å². The molecule has 3 aromatic heterocycles. The molecule has 0 radical (unpaired) electrons. The van der Waals surface area contributed by atoms with Crippen molar-refractivity contribution in [1.82, 2.24) is 9.97 Å². The van der Waals surface area contributed by atoms with Gasteiger partial charge in [-0.25, -0.2) is 9.78 Å². The van der Waals surface area contributed by atoms with E-state index in [1.807, 2.05) is 5.38 Å². The van der Waals surface area contributed by atoms with Gasteiger partial charge >= 0.3 is 5.97 Å². The van der Waals surface area contributed by atoms with E-state index in [0.29, 0.717) is 5.69 Å². The van der Waals surface area contributed by atoms with Crippen LogP contribution in [0.25, 0.3) is 21.3 Å². The summed E-state index contributed by atoms with van der Waals surface area (Å²) >= 11 is 3.21. The van der Waals surface area contributed by atoms with Crippen LogP contribution in [-0.4, -0.2) is 21.0 Å². The monoisotopic (exact) mass is 316 g/mol. The molecule has 0 saturated heterocycles. The van der Waals surface area contributed by atoms with Crippen molar-refractivity contribution in [1.29, 1.82) is 0 Å². The predicted octanol–water partition coefficient (Wildman–Crippen LogP) is 4.19. The normalized spacial score (nSPS) is 10.7. The van der Waals surface area contributed by atoms with Crippen molar-refractivity contribution in [2.24, 2.45) is 0 Å². The summed E-state index contributed by atoms with van der Waals surface area (Å²) in [5.41, 5.74) is 1.74. The number of pyridine rings is 1. The van der Waals surface area contributed by atoms with Crippen molar-refractivity contribution >= 4 is 28.6 Å². The van der Waals surface area contributed by atoms with Gasteiger partial charge in [0.2, 0.25) is 0 Å². The number of aromatic carboxylic acids is 1. The lowest BCUT2D eigenvalue weighted by Crippen LogP contribution is -1.97. The number of rotatable bonds is 4. The minimum Gasteiger partial charge on any atom is -0.478 e. The van der Waals surface area contributed by atoms with Crippen molar-refractivity contribution in [3.05, 3.63) is 46.3 Å². The molecule has 1 N–H and O–H groups in total. The standard InChI is InChI=1S/C15H12N2O2S2/c1-2-10-3-4-13(21-10)12-8-20-14(17-12)11-7-9(15(18)19)5-6-16-11/h3-8H,2H2,1H3,(H,18,19). The molecular formula is C15H12N2O2S2. The van der Waals surface area contributed by atoms with Gasteiger partial charge in [0.05, 0.1) is 21.8 Å². The molecule has 106 valence electrons. The molecule has 0 atom stereocenters. The first-order chi connectivity index (χ1) is 10.2. The Morgan fingerprint density at radius 1 is 1.29 bits per heavy atom. The Bertz CT molecular complexity index is 792. The number of carboxylic acids is 1. The van der Waals surface area contributed by atoms with Crippen LogP contribution >= 0.6 is 22.7 Å². The minimum atomic E-state index is -0.957. The average molecular weight is 316 g/mol. The van der Waals surface area contributed by atoms with E-state index in [9.17, 15) is 4.79 Å². The molecule has 0 spiro atoms. The number of carbonyl (C=O) groups is 1. The third-order valence-corrected chi connectivity index (χ3v) is 5.11. The van der Waals surface area contributed by atoms with Crippen molar-refractivity contribution in [2.75, 3.05) is 0 Å². The summed E-state index contributed by atoms with van der Waals surface area (Å²) in [6.07, 6.45) is 2.52. The lowest BCUT2D eigenvalue weighted by Gasteiger charge is -1.97. The number of carboxylic acid groups (broad SMARTS) is 1. The van der Waals surface area contributed by atoms with Gasteiger partial charge in [0.1, 0.15) is 5.01 Å². The molecule has 0 aromatic carbocycles. The maximum Gasteiger partial charge on any atom is 0.335 e. The number of thiazole rings is 1. The van der Waals surface area contributed by atoms with E-state index in [1.54, 1.807) is 17.4 Å². The van der Waals surface area contributed by atoms with Crippen LogP contribution in [0.15, 0.2) is 35.8 Å². The van der Waals surface area contributed by atoms with E-state index in [4.69, 9.17) is 5.11 Å². The van der Waals surface area contributed by atoms with Crippen LogP contribution in [0.5, 0.6) is 0 Å². The van der Waals surface area contributed by atoms with E-state index in [2.05, 4.69) is 29.0 Å². The van der Waals surface area contributed by atoms with Gasteiger partial charge in [0.15, 0.2) is 0 Å². The maximum absolute atomic E-state index is 11.0. The molecule has 4 nitrogen and oxygen atoms in total. The first-order valence-electron chi connectivity index (χ1n) is 6.41. The fourth-order valence-electron chi connectivity index (χ4n) is 1.89. The third-order valence-electron chi connectivity index (χ3n) is 2.99. The van der Waals surface area contributed by atoms with E-state index >= 15 is 0 Å². The molecular weight excluding hydrogens is 304 g/mol. The molecule has 0 aliphatic carbocycles. The molecule has 0 amide bonds. The summed E-state index contributed by atoms with van der Waals surface area (Å²) < 4.78 is 0. The summed E-state index contributed by atoms with van der Waals surface area (Å²) in [5, 5.41) is 11.7. The fourth-order valence-corrected chi connectivity index (χ4v) is 3.66. The van der Waals surface area contributed by atoms with Crippen molar-refractivity contribution in [3.63, 3.8) is 0 Å². The smallest absolute Gasteiger partial charge is 0.335 e. The van der Waals surface area contributed by atoms with E-state index in [-0.39, 0.29) is 5.56 Å². The Balaban J connectivity index is 1.94. The number of hydrogen-bond acceptors (Lipinski definition) is 5. The largest absolute Gasteiger partial charge is 0.478 e. The molecule has 0 bridgehead atoms. The van der Waals surface area contributed by atoms with Crippen LogP contribution in [0.4, 0.5) is 0 Å². The van der Waals surface area contributed by atoms with Gasteiger partial charge in [0.25, 0.3) is 0 Å². The van der Waals surface area contributed by atoms with Gasteiger partial charge in [-0.15, -0.1) is 22.7 Å². The second kappa shape index (κ2) is 5.75. The van der Waals surface area contributed by atoms with Gasteiger partial charge < -0.3 is 5.11 Å². The van der Waals surface area contributed by atoms with Gasteiger partial charge in [-0.3, -0.25) is 4.98 Å². The number of aromatic nitrogens is 2. The quantitative estimate of drug-likeness (QED) is 0.783. The minimum absolute atomic E-state index is 0.223. The SMILES string of the molecule is CCc1ccc(-c2csc(-c3cc(C(=O)O)ccn3)n2)s1. The zero-order valence-corrected chi connectivity index (χ0v) is 12.9. The first-order valence-corrected chi connectivity index (χ1v) is 8.11. The van der Waals surface area contributed by atoms with Gasteiger partial charge in [-0.1, -0.05) is 6.92 Å². The summed E-state index contributed by atoms with van der Waals surface area (Å²) in [5.74, 6) is -0.957. The van der Waals surface area contributed by atoms with E-state index in [1.165, 1.54) is 28.5 Å². The van der Waals surface area contributed by atoms with Crippen LogP contribution in [0.1, 0.15) is 22.2 Å².